The maximum atomic E-state index is 8.12. The molecule has 0 aliphatic rings. The van der Waals surface area contributed by atoms with Crippen molar-refractivity contribution in [2.75, 3.05) is 6.54 Å². The molecule has 0 saturated carbocycles. The Morgan fingerprint density at radius 1 is 1.71 bits per heavy atom. The molecule has 42 valence electrons. The van der Waals surface area contributed by atoms with Crippen molar-refractivity contribution in [3.05, 3.63) is 12.0 Å². The number of rotatable bonds is 2. The number of hydrogen-bond donors (Lipinski definition) is 3. The molecule has 0 aromatic heterocycles. The molecule has 0 spiro atoms. The van der Waals surface area contributed by atoms with Gasteiger partial charge in [-0.2, -0.15) is 0 Å². The van der Waals surface area contributed by atoms with Crippen molar-refractivity contribution in [1.29, 1.82) is 0 Å². The van der Waals surface area contributed by atoms with Gasteiger partial charge in [0.2, 0.25) is 0 Å². The molecule has 0 aliphatic carbocycles. The van der Waals surface area contributed by atoms with Crippen molar-refractivity contribution in [2.24, 2.45) is 11.5 Å². The molecule has 0 saturated heterocycles. The largest absolute Gasteiger partial charge is 0.514 e. The van der Waals surface area contributed by atoms with Crippen LogP contribution in [0.4, 0.5) is 0 Å². The zero-order valence-electron chi connectivity index (χ0n) is 4.09. The first-order chi connectivity index (χ1) is 3.31. The molecule has 0 radical (unpaired) electrons. The van der Waals surface area contributed by atoms with Crippen LogP contribution in [0.15, 0.2) is 12.0 Å². The third kappa shape index (κ3) is 3.12. The lowest BCUT2D eigenvalue weighted by Crippen LogP contribution is -2.05. The summed E-state index contributed by atoms with van der Waals surface area (Å²) in [6.45, 7) is 0.489. The molecule has 0 bridgehead atoms. The van der Waals surface area contributed by atoms with Crippen LogP contribution in [0, 0.1) is 0 Å². The van der Waals surface area contributed by atoms with Gasteiger partial charge in [-0.3, -0.25) is 0 Å². The lowest BCUT2D eigenvalue weighted by Gasteiger charge is -1.90. The van der Waals surface area contributed by atoms with E-state index >= 15 is 0 Å². The normalized spacial score (nSPS) is 11.9. The van der Waals surface area contributed by atoms with E-state index in [1.807, 2.05) is 0 Å². The molecular weight excluding hydrogens is 92.1 g/mol. The Hall–Kier alpha value is -0.700. The van der Waals surface area contributed by atoms with E-state index < -0.39 is 0 Å². The molecule has 0 rings (SSSR count). The first-order valence-electron chi connectivity index (χ1n) is 2.10. The third-order valence-corrected chi connectivity index (χ3v) is 0.599. The summed E-state index contributed by atoms with van der Waals surface area (Å²) in [5.41, 5.74) is 10.6. The summed E-state index contributed by atoms with van der Waals surface area (Å²) in [4.78, 5) is 0. The fourth-order valence-corrected chi connectivity index (χ4v) is 0.231. The van der Waals surface area contributed by atoms with E-state index in [1.54, 1.807) is 0 Å². The van der Waals surface area contributed by atoms with Crippen LogP contribution < -0.4 is 11.5 Å². The van der Waals surface area contributed by atoms with Gasteiger partial charge in [0.1, 0.15) is 0 Å². The maximum Gasteiger partial charge on any atom is 0.0979 e. The fraction of sp³-hybridized carbons (Fsp3) is 0.500. The minimum absolute atomic E-state index is 0.433. The Morgan fingerprint density at radius 3 is 2.43 bits per heavy atom. The SMILES string of the molecule is NCC/C(N)=C/O. The topological polar surface area (TPSA) is 72.3 Å². The Labute approximate surface area is 42.6 Å². The quantitative estimate of drug-likeness (QED) is 0.419. The molecule has 0 atom stereocenters. The summed E-state index contributed by atoms with van der Waals surface area (Å²) in [5.74, 6) is 0. The molecule has 0 unspecified atom stereocenters. The van der Waals surface area contributed by atoms with Crippen molar-refractivity contribution in [2.45, 2.75) is 6.42 Å². The molecule has 0 fully saturated rings. The molecule has 0 heterocycles. The monoisotopic (exact) mass is 102 g/mol. The second-order valence-corrected chi connectivity index (χ2v) is 1.24. The lowest BCUT2D eigenvalue weighted by molar-refractivity contribution is 0.463. The average Bonchev–Trinajstić information content (AvgIpc) is 1.68. The van der Waals surface area contributed by atoms with E-state index in [0.29, 0.717) is 18.7 Å². The van der Waals surface area contributed by atoms with Crippen molar-refractivity contribution in [3.63, 3.8) is 0 Å². The predicted octanol–water partition coefficient (Wildman–Crippen LogP) is -0.307. The molecule has 0 amide bonds. The van der Waals surface area contributed by atoms with Gasteiger partial charge < -0.3 is 16.6 Å². The highest BCUT2D eigenvalue weighted by Crippen LogP contribution is 1.84. The van der Waals surface area contributed by atoms with E-state index in [2.05, 4.69) is 0 Å². The van der Waals surface area contributed by atoms with Crippen LogP contribution in [0.1, 0.15) is 6.42 Å². The third-order valence-electron chi connectivity index (χ3n) is 0.599. The minimum Gasteiger partial charge on any atom is -0.514 e. The van der Waals surface area contributed by atoms with Crippen LogP contribution in [-0.4, -0.2) is 11.7 Å². The van der Waals surface area contributed by atoms with Gasteiger partial charge in [0.05, 0.1) is 6.26 Å². The van der Waals surface area contributed by atoms with Crippen LogP contribution in [0.25, 0.3) is 0 Å². The van der Waals surface area contributed by atoms with Gasteiger partial charge >= 0.3 is 0 Å². The summed E-state index contributed by atoms with van der Waals surface area (Å²) in [7, 11) is 0. The van der Waals surface area contributed by atoms with Crippen molar-refractivity contribution < 1.29 is 5.11 Å². The van der Waals surface area contributed by atoms with E-state index in [0.717, 1.165) is 6.26 Å². The fourth-order valence-electron chi connectivity index (χ4n) is 0.231. The molecular formula is C4H10N2O. The van der Waals surface area contributed by atoms with Crippen LogP contribution >= 0.6 is 0 Å². The van der Waals surface area contributed by atoms with Crippen LogP contribution in [0.3, 0.4) is 0 Å². The zero-order chi connectivity index (χ0) is 5.70. The summed E-state index contributed by atoms with van der Waals surface area (Å²) in [5, 5.41) is 8.12. The average molecular weight is 102 g/mol. The Bertz CT molecular complexity index is 70.1. The first-order valence-corrected chi connectivity index (χ1v) is 2.10. The molecule has 0 aromatic carbocycles. The molecule has 3 heteroatoms. The predicted molar refractivity (Wildman–Crippen MR) is 28.6 cm³/mol. The molecule has 7 heavy (non-hydrogen) atoms. The van der Waals surface area contributed by atoms with E-state index in [4.69, 9.17) is 16.6 Å². The summed E-state index contributed by atoms with van der Waals surface area (Å²) in [6, 6.07) is 0. The Morgan fingerprint density at radius 2 is 2.29 bits per heavy atom. The number of aliphatic hydroxyl groups is 1. The van der Waals surface area contributed by atoms with E-state index in [-0.39, 0.29) is 0 Å². The lowest BCUT2D eigenvalue weighted by atomic mass is 10.3. The number of nitrogens with two attached hydrogens (primary N) is 2. The molecule has 0 aliphatic heterocycles. The van der Waals surface area contributed by atoms with Crippen molar-refractivity contribution in [1.82, 2.24) is 0 Å². The van der Waals surface area contributed by atoms with Crippen LogP contribution in [-0.2, 0) is 0 Å². The second-order valence-electron chi connectivity index (χ2n) is 1.24. The van der Waals surface area contributed by atoms with Gasteiger partial charge in [-0.25, -0.2) is 0 Å². The number of hydrogen-bond acceptors (Lipinski definition) is 3. The highest BCUT2D eigenvalue weighted by atomic mass is 16.2. The maximum absolute atomic E-state index is 8.12. The smallest absolute Gasteiger partial charge is 0.0979 e. The van der Waals surface area contributed by atoms with Crippen LogP contribution in [0.2, 0.25) is 0 Å². The van der Waals surface area contributed by atoms with Gasteiger partial charge in [-0.15, -0.1) is 0 Å². The van der Waals surface area contributed by atoms with Gasteiger partial charge in [0, 0.05) is 12.1 Å². The van der Waals surface area contributed by atoms with E-state index in [1.165, 1.54) is 0 Å². The Balaban J connectivity index is 3.17. The zero-order valence-corrected chi connectivity index (χ0v) is 4.09. The van der Waals surface area contributed by atoms with Gasteiger partial charge in [0.15, 0.2) is 0 Å². The molecule has 0 aromatic rings. The van der Waals surface area contributed by atoms with Crippen LogP contribution in [0.5, 0.6) is 0 Å². The van der Waals surface area contributed by atoms with Gasteiger partial charge in [-0.1, -0.05) is 0 Å². The van der Waals surface area contributed by atoms with Gasteiger partial charge in [0.25, 0.3) is 0 Å². The number of aliphatic hydroxyl groups excluding tert-OH is 1. The van der Waals surface area contributed by atoms with Crippen molar-refractivity contribution >= 4 is 0 Å². The van der Waals surface area contributed by atoms with Gasteiger partial charge in [-0.05, 0) is 6.54 Å². The standard InChI is InChI=1S/C4H10N2O/c5-2-1-4(6)3-7/h3,7H,1-2,5-6H2/b4-3-. The highest BCUT2D eigenvalue weighted by Gasteiger charge is 1.82. The summed E-state index contributed by atoms with van der Waals surface area (Å²) in [6.07, 6.45) is 1.43. The summed E-state index contributed by atoms with van der Waals surface area (Å²) < 4.78 is 0. The first kappa shape index (κ1) is 6.30. The minimum atomic E-state index is 0.433. The second kappa shape index (κ2) is 3.49. The summed E-state index contributed by atoms with van der Waals surface area (Å²) >= 11 is 0. The molecule has 3 nitrogen and oxygen atoms in total. The molecule has 5 N–H and O–H groups in total. The highest BCUT2D eigenvalue weighted by molar-refractivity contribution is 4.89. The van der Waals surface area contributed by atoms with Crippen molar-refractivity contribution in [3.8, 4) is 0 Å². The van der Waals surface area contributed by atoms with E-state index in [9.17, 15) is 0 Å². The Kier molecular flexibility index (Phi) is 3.14.